The standard InChI is InChI=1S/C10H11N3O/c11-7-8-3-1-2-4-9(8)13-6-5-10(14)12-13/h1-6H,7,11H2,(H,12,14). The van der Waals surface area contributed by atoms with E-state index in [2.05, 4.69) is 5.10 Å². The molecule has 0 saturated carbocycles. The van der Waals surface area contributed by atoms with Gasteiger partial charge < -0.3 is 10.8 Å². The molecule has 0 amide bonds. The van der Waals surface area contributed by atoms with Crippen LogP contribution < -0.4 is 5.73 Å². The summed E-state index contributed by atoms with van der Waals surface area (Å²) in [5, 5.41) is 13.0. The van der Waals surface area contributed by atoms with Gasteiger partial charge in [0.15, 0.2) is 0 Å². The van der Waals surface area contributed by atoms with E-state index in [-0.39, 0.29) is 5.88 Å². The van der Waals surface area contributed by atoms with E-state index in [0.29, 0.717) is 6.54 Å². The lowest BCUT2D eigenvalue weighted by molar-refractivity contribution is 0.447. The minimum Gasteiger partial charge on any atom is -0.492 e. The number of benzene rings is 1. The van der Waals surface area contributed by atoms with Crippen LogP contribution in [-0.2, 0) is 6.54 Å². The summed E-state index contributed by atoms with van der Waals surface area (Å²) in [5.41, 5.74) is 7.49. The Bertz CT molecular complexity index is 436. The van der Waals surface area contributed by atoms with Gasteiger partial charge in [0.1, 0.15) is 0 Å². The lowest BCUT2D eigenvalue weighted by Gasteiger charge is -2.06. The van der Waals surface area contributed by atoms with E-state index >= 15 is 0 Å². The van der Waals surface area contributed by atoms with Crippen molar-refractivity contribution in [2.75, 3.05) is 0 Å². The van der Waals surface area contributed by atoms with Gasteiger partial charge in [0, 0.05) is 18.8 Å². The molecule has 0 radical (unpaired) electrons. The predicted octanol–water partition coefficient (Wildman–Crippen LogP) is 1.04. The van der Waals surface area contributed by atoms with Crippen LogP contribution in [0.4, 0.5) is 0 Å². The lowest BCUT2D eigenvalue weighted by Crippen LogP contribution is -2.04. The van der Waals surface area contributed by atoms with E-state index in [0.717, 1.165) is 11.3 Å². The van der Waals surface area contributed by atoms with Crippen LogP contribution in [0.3, 0.4) is 0 Å². The second-order valence-corrected chi connectivity index (χ2v) is 2.95. The third kappa shape index (κ3) is 1.47. The fourth-order valence-electron chi connectivity index (χ4n) is 1.36. The third-order valence-corrected chi connectivity index (χ3v) is 2.03. The first-order chi connectivity index (χ1) is 6.81. The number of hydrogen-bond acceptors (Lipinski definition) is 3. The largest absolute Gasteiger partial charge is 0.492 e. The zero-order valence-corrected chi connectivity index (χ0v) is 7.59. The zero-order valence-electron chi connectivity index (χ0n) is 7.59. The number of nitrogens with zero attached hydrogens (tertiary/aromatic N) is 2. The van der Waals surface area contributed by atoms with Crippen LogP contribution in [0.2, 0.25) is 0 Å². The molecule has 1 heterocycles. The van der Waals surface area contributed by atoms with Gasteiger partial charge in [-0.2, -0.15) is 0 Å². The van der Waals surface area contributed by atoms with Crippen LogP contribution in [0.5, 0.6) is 5.88 Å². The number of hydrogen-bond donors (Lipinski definition) is 2. The summed E-state index contributed by atoms with van der Waals surface area (Å²) in [5.74, 6) is 0.0109. The highest BCUT2D eigenvalue weighted by molar-refractivity contribution is 5.40. The Hall–Kier alpha value is -1.81. The molecule has 0 aliphatic heterocycles. The van der Waals surface area contributed by atoms with Crippen molar-refractivity contribution in [1.29, 1.82) is 0 Å². The minimum absolute atomic E-state index is 0.0109. The van der Waals surface area contributed by atoms with Gasteiger partial charge in [-0.05, 0) is 11.6 Å². The molecule has 1 aromatic heterocycles. The molecule has 0 aliphatic rings. The second-order valence-electron chi connectivity index (χ2n) is 2.95. The van der Waals surface area contributed by atoms with Crippen molar-refractivity contribution in [3.05, 3.63) is 42.1 Å². The average molecular weight is 189 g/mol. The second kappa shape index (κ2) is 3.51. The smallest absolute Gasteiger partial charge is 0.230 e. The highest BCUT2D eigenvalue weighted by Gasteiger charge is 2.03. The maximum atomic E-state index is 9.11. The SMILES string of the molecule is NCc1ccccc1-n1ccc(O)n1. The van der Waals surface area contributed by atoms with Crippen LogP contribution in [0.1, 0.15) is 5.56 Å². The molecule has 4 heteroatoms. The number of nitrogens with two attached hydrogens (primary N) is 1. The van der Waals surface area contributed by atoms with E-state index in [1.807, 2.05) is 24.3 Å². The van der Waals surface area contributed by atoms with Gasteiger partial charge in [0.05, 0.1) is 5.69 Å². The Morgan fingerprint density at radius 2 is 2.07 bits per heavy atom. The normalized spacial score (nSPS) is 10.4. The summed E-state index contributed by atoms with van der Waals surface area (Å²) < 4.78 is 1.61. The summed E-state index contributed by atoms with van der Waals surface area (Å²) >= 11 is 0. The molecule has 0 saturated heterocycles. The summed E-state index contributed by atoms with van der Waals surface area (Å²) in [6.45, 7) is 0.455. The molecule has 14 heavy (non-hydrogen) atoms. The number of aromatic nitrogens is 2. The van der Waals surface area contributed by atoms with Crippen molar-refractivity contribution in [3.63, 3.8) is 0 Å². The molecule has 0 spiro atoms. The highest BCUT2D eigenvalue weighted by Crippen LogP contribution is 2.14. The highest BCUT2D eigenvalue weighted by atomic mass is 16.3. The predicted molar refractivity (Wildman–Crippen MR) is 53.1 cm³/mol. The Labute approximate surface area is 81.6 Å². The van der Waals surface area contributed by atoms with Gasteiger partial charge in [-0.3, -0.25) is 0 Å². The van der Waals surface area contributed by atoms with Crippen LogP contribution in [0.25, 0.3) is 5.69 Å². The van der Waals surface area contributed by atoms with Gasteiger partial charge in [0.2, 0.25) is 5.88 Å². The van der Waals surface area contributed by atoms with Crippen molar-refractivity contribution in [2.24, 2.45) is 5.73 Å². The number of rotatable bonds is 2. The number of aromatic hydroxyl groups is 1. The van der Waals surface area contributed by atoms with E-state index in [9.17, 15) is 0 Å². The molecular weight excluding hydrogens is 178 g/mol. The molecule has 72 valence electrons. The lowest BCUT2D eigenvalue weighted by atomic mass is 10.2. The Balaban J connectivity index is 2.50. The maximum absolute atomic E-state index is 9.11. The summed E-state index contributed by atoms with van der Waals surface area (Å²) in [6.07, 6.45) is 1.70. The first-order valence-corrected chi connectivity index (χ1v) is 4.34. The monoisotopic (exact) mass is 189 g/mol. The summed E-state index contributed by atoms with van der Waals surface area (Å²) in [6, 6.07) is 9.22. The Kier molecular flexibility index (Phi) is 2.20. The molecule has 0 unspecified atom stereocenters. The van der Waals surface area contributed by atoms with Gasteiger partial charge in [-0.1, -0.05) is 18.2 Å². The van der Waals surface area contributed by atoms with E-state index < -0.39 is 0 Å². The van der Waals surface area contributed by atoms with Crippen LogP contribution in [0.15, 0.2) is 36.5 Å². The molecule has 0 bridgehead atoms. The molecule has 4 nitrogen and oxygen atoms in total. The van der Waals surface area contributed by atoms with Crippen molar-refractivity contribution in [1.82, 2.24) is 9.78 Å². The minimum atomic E-state index is 0.0109. The topological polar surface area (TPSA) is 64.1 Å². The van der Waals surface area contributed by atoms with Gasteiger partial charge in [-0.25, -0.2) is 4.68 Å². The van der Waals surface area contributed by atoms with Crippen molar-refractivity contribution >= 4 is 0 Å². The molecule has 0 fully saturated rings. The van der Waals surface area contributed by atoms with Crippen LogP contribution in [0, 0.1) is 0 Å². The Morgan fingerprint density at radius 3 is 2.71 bits per heavy atom. The first-order valence-electron chi connectivity index (χ1n) is 4.34. The zero-order chi connectivity index (χ0) is 9.97. The van der Waals surface area contributed by atoms with E-state index in [1.165, 1.54) is 6.07 Å². The van der Waals surface area contributed by atoms with Gasteiger partial charge >= 0.3 is 0 Å². The van der Waals surface area contributed by atoms with Crippen LogP contribution in [-0.4, -0.2) is 14.9 Å². The molecule has 0 aliphatic carbocycles. The van der Waals surface area contributed by atoms with Crippen molar-refractivity contribution < 1.29 is 5.11 Å². The first kappa shape index (κ1) is 8.77. The summed E-state index contributed by atoms with van der Waals surface area (Å²) in [4.78, 5) is 0. The third-order valence-electron chi connectivity index (χ3n) is 2.03. The van der Waals surface area contributed by atoms with Gasteiger partial charge in [-0.15, -0.1) is 5.10 Å². The van der Waals surface area contributed by atoms with E-state index in [1.54, 1.807) is 10.9 Å². The van der Waals surface area contributed by atoms with Crippen LogP contribution >= 0.6 is 0 Å². The molecule has 1 aromatic carbocycles. The van der Waals surface area contributed by atoms with Crippen molar-refractivity contribution in [2.45, 2.75) is 6.54 Å². The van der Waals surface area contributed by atoms with E-state index in [4.69, 9.17) is 10.8 Å². The fraction of sp³-hybridized carbons (Fsp3) is 0.100. The number of para-hydroxylation sites is 1. The van der Waals surface area contributed by atoms with Gasteiger partial charge in [0.25, 0.3) is 0 Å². The maximum Gasteiger partial charge on any atom is 0.230 e. The molecule has 0 atom stereocenters. The molecular formula is C10H11N3O. The quantitative estimate of drug-likeness (QED) is 0.741. The molecule has 2 aromatic rings. The molecule has 3 N–H and O–H groups in total. The Morgan fingerprint density at radius 1 is 1.29 bits per heavy atom. The molecule has 2 rings (SSSR count). The summed E-state index contributed by atoms with van der Waals surface area (Å²) in [7, 11) is 0. The fourth-order valence-corrected chi connectivity index (χ4v) is 1.36. The average Bonchev–Trinajstić information content (AvgIpc) is 2.65. The van der Waals surface area contributed by atoms with Crippen molar-refractivity contribution in [3.8, 4) is 11.6 Å².